The second-order valence-electron chi connectivity index (χ2n) is 5.20. The van der Waals surface area contributed by atoms with E-state index in [2.05, 4.69) is 9.64 Å². The van der Waals surface area contributed by atoms with Crippen LogP contribution in [-0.2, 0) is 4.79 Å². The fraction of sp³-hybridized carbons (Fsp3) is 0.500. The van der Waals surface area contributed by atoms with Gasteiger partial charge in [0.2, 0.25) is 0 Å². The largest absolute Gasteiger partial charge is 0.573 e. The van der Waals surface area contributed by atoms with Gasteiger partial charge in [0.15, 0.2) is 0 Å². The molecule has 1 atom stereocenters. The van der Waals surface area contributed by atoms with Crippen molar-refractivity contribution >= 4 is 18.4 Å². The Morgan fingerprint density at radius 3 is 2.13 bits per heavy atom. The molecule has 1 aromatic rings. The predicted molar refractivity (Wildman–Crippen MR) is 79.8 cm³/mol. The molecule has 9 heteroatoms. The van der Waals surface area contributed by atoms with Crippen LogP contribution in [0.15, 0.2) is 24.3 Å². The number of hydrogen-bond donors (Lipinski definition) is 1. The zero-order valence-corrected chi connectivity index (χ0v) is 13.2. The molecule has 0 amide bonds. The Kier molecular flexibility index (Phi) is 6.67. The molecule has 1 saturated heterocycles. The minimum absolute atomic E-state index is 0. The SMILES string of the molecule is CN1CCN(C(C(=O)O)c2ccc(OC(F)(F)F)cc2)CC1.Cl. The lowest BCUT2D eigenvalue weighted by molar-refractivity contribution is -0.274. The molecular weight excluding hydrogens is 337 g/mol. The van der Waals surface area contributed by atoms with E-state index in [0.29, 0.717) is 18.7 Å². The molecule has 1 N–H and O–H groups in total. The Morgan fingerprint density at radius 2 is 1.70 bits per heavy atom. The van der Waals surface area contributed by atoms with Gasteiger partial charge in [-0.15, -0.1) is 25.6 Å². The molecule has 5 nitrogen and oxygen atoms in total. The van der Waals surface area contributed by atoms with Crippen molar-refractivity contribution in [2.45, 2.75) is 12.4 Å². The number of hydrogen-bond acceptors (Lipinski definition) is 4. The molecule has 1 aliphatic heterocycles. The zero-order valence-electron chi connectivity index (χ0n) is 12.4. The van der Waals surface area contributed by atoms with E-state index in [4.69, 9.17) is 0 Å². The third kappa shape index (κ3) is 5.56. The molecule has 1 heterocycles. The topological polar surface area (TPSA) is 53.0 Å². The van der Waals surface area contributed by atoms with Gasteiger partial charge in [-0.2, -0.15) is 0 Å². The second kappa shape index (κ2) is 7.85. The molecule has 1 aliphatic rings. The van der Waals surface area contributed by atoms with Crippen LogP contribution >= 0.6 is 12.4 Å². The van der Waals surface area contributed by atoms with E-state index in [1.807, 2.05) is 11.9 Å². The predicted octanol–water partition coefficient (Wildman–Crippen LogP) is 2.38. The average molecular weight is 355 g/mol. The Hall–Kier alpha value is -1.51. The van der Waals surface area contributed by atoms with Crippen LogP contribution in [0.4, 0.5) is 13.2 Å². The van der Waals surface area contributed by atoms with Crippen molar-refractivity contribution < 1.29 is 27.8 Å². The fourth-order valence-corrected chi connectivity index (χ4v) is 2.44. The molecule has 0 saturated carbocycles. The van der Waals surface area contributed by atoms with Gasteiger partial charge in [-0.3, -0.25) is 9.69 Å². The van der Waals surface area contributed by atoms with Gasteiger partial charge in [0.1, 0.15) is 11.8 Å². The van der Waals surface area contributed by atoms with Crippen LogP contribution in [0.5, 0.6) is 5.75 Å². The first-order valence-electron chi connectivity index (χ1n) is 6.77. The van der Waals surface area contributed by atoms with Crippen molar-refractivity contribution in [3.8, 4) is 5.75 Å². The molecule has 1 fully saturated rings. The van der Waals surface area contributed by atoms with Crippen LogP contribution in [0.2, 0.25) is 0 Å². The van der Waals surface area contributed by atoms with Crippen molar-refractivity contribution in [3.05, 3.63) is 29.8 Å². The van der Waals surface area contributed by atoms with Crippen LogP contribution in [0.25, 0.3) is 0 Å². The van der Waals surface area contributed by atoms with Crippen LogP contribution in [0.3, 0.4) is 0 Å². The highest BCUT2D eigenvalue weighted by Gasteiger charge is 2.32. The van der Waals surface area contributed by atoms with Crippen LogP contribution in [0, 0.1) is 0 Å². The molecule has 130 valence electrons. The summed E-state index contributed by atoms with van der Waals surface area (Å²) in [6, 6.07) is 4.12. The van der Waals surface area contributed by atoms with Crippen molar-refractivity contribution in [3.63, 3.8) is 0 Å². The van der Waals surface area contributed by atoms with Gasteiger partial charge in [0.05, 0.1) is 0 Å². The summed E-state index contributed by atoms with van der Waals surface area (Å²) in [6.45, 7) is 2.68. The van der Waals surface area contributed by atoms with Gasteiger partial charge >= 0.3 is 12.3 Å². The number of halogens is 4. The van der Waals surface area contributed by atoms with E-state index in [-0.39, 0.29) is 18.2 Å². The summed E-state index contributed by atoms with van der Waals surface area (Å²) in [4.78, 5) is 15.4. The maximum Gasteiger partial charge on any atom is 0.573 e. The number of benzene rings is 1. The van der Waals surface area contributed by atoms with Crippen LogP contribution < -0.4 is 4.74 Å². The highest BCUT2D eigenvalue weighted by Crippen LogP contribution is 2.27. The first-order chi connectivity index (χ1) is 10.3. The summed E-state index contributed by atoms with van der Waals surface area (Å²) in [5, 5.41) is 9.43. The number of carboxylic acids is 1. The number of rotatable bonds is 4. The molecule has 0 spiro atoms. The third-order valence-electron chi connectivity index (χ3n) is 3.57. The summed E-state index contributed by atoms with van der Waals surface area (Å²) in [7, 11) is 1.95. The first kappa shape index (κ1) is 19.5. The van der Waals surface area contributed by atoms with Crippen molar-refractivity contribution in [1.29, 1.82) is 0 Å². The number of nitrogens with zero attached hydrogens (tertiary/aromatic N) is 2. The Bertz CT molecular complexity index is 517. The number of aliphatic carboxylic acids is 1. The lowest BCUT2D eigenvalue weighted by Crippen LogP contribution is -2.47. The van der Waals surface area contributed by atoms with Crippen molar-refractivity contribution in [1.82, 2.24) is 9.80 Å². The Labute approximate surface area is 138 Å². The van der Waals surface area contributed by atoms with E-state index in [1.54, 1.807) is 0 Å². The summed E-state index contributed by atoms with van der Waals surface area (Å²) in [5.74, 6) is -1.38. The Morgan fingerprint density at radius 1 is 1.17 bits per heavy atom. The number of carboxylic acid groups (broad SMARTS) is 1. The molecule has 1 aromatic carbocycles. The second-order valence-corrected chi connectivity index (χ2v) is 5.20. The molecule has 0 bridgehead atoms. The highest BCUT2D eigenvalue weighted by atomic mass is 35.5. The minimum Gasteiger partial charge on any atom is -0.480 e. The molecule has 0 radical (unpaired) electrons. The summed E-state index contributed by atoms with van der Waals surface area (Å²) < 4.78 is 40.2. The maximum atomic E-state index is 12.1. The Balaban J connectivity index is 0.00000264. The lowest BCUT2D eigenvalue weighted by atomic mass is 10.0. The normalized spacial score (nSPS) is 18.1. The monoisotopic (exact) mass is 354 g/mol. The van der Waals surface area contributed by atoms with Gasteiger partial charge in [-0.05, 0) is 24.7 Å². The molecular formula is C14H18ClF3N2O3. The zero-order chi connectivity index (χ0) is 16.3. The smallest absolute Gasteiger partial charge is 0.480 e. The number of ether oxygens (including phenoxy) is 1. The van der Waals surface area contributed by atoms with E-state index in [0.717, 1.165) is 25.2 Å². The molecule has 23 heavy (non-hydrogen) atoms. The lowest BCUT2D eigenvalue weighted by Gasteiger charge is -2.36. The van der Waals surface area contributed by atoms with E-state index in [9.17, 15) is 23.1 Å². The first-order valence-corrected chi connectivity index (χ1v) is 6.77. The molecule has 2 rings (SSSR count). The third-order valence-corrected chi connectivity index (χ3v) is 3.57. The number of carbonyl (C=O) groups is 1. The van der Waals surface area contributed by atoms with Crippen LogP contribution in [0.1, 0.15) is 11.6 Å². The fourth-order valence-electron chi connectivity index (χ4n) is 2.44. The quantitative estimate of drug-likeness (QED) is 0.899. The van der Waals surface area contributed by atoms with Gasteiger partial charge in [0.25, 0.3) is 0 Å². The highest BCUT2D eigenvalue weighted by molar-refractivity contribution is 5.85. The van der Waals surface area contributed by atoms with Gasteiger partial charge in [0, 0.05) is 26.2 Å². The number of likely N-dealkylation sites (N-methyl/N-ethyl adjacent to an activating group) is 1. The van der Waals surface area contributed by atoms with Gasteiger partial charge in [-0.25, -0.2) is 0 Å². The van der Waals surface area contributed by atoms with E-state index >= 15 is 0 Å². The maximum absolute atomic E-state index is 12.1. The van der Waals surface area contributed by atoms with Gasteiger partial charge in [-0.1, -0.05) is 12.1 Å². The number of alkyl halides is 3. The van der Waals surface area contributed by atoms with E-state index in [1.165, 1.54) is 12.1 Å². The van der Waals surface area contributed by atoms with Crippen molar-refractivity contribution in [2.75, 3.05) is 33.2 Å². The standard InChI is InChI=1S/C14H17F3N2O3.ClH/c1-18-6-8-19(9-7-18)12(13(20)21)10-2-4-11(5-3-10)22-14(15,16)17;/h2-5,12H,6-9H2,1H3,(H,20,21);1H. The van der Waals surface area contributed by atoms with Crippen molar-refractivity contribution in [2.24, 2.45) is 0 Å². The minimum atomic E-state index is -4.76. The van der Waals surface area contributed by atoms with Crippen LogP contribution in [-0.4, -0.2) is 60.5 Å². The molecule has 0 aromatic heterocycles. The summed E-state index contributed by atoms with van der Waals surface area (Å²) in [5.41, 5.74) is 0.437. The van der Waals surface area contributed by atoms with E-state index < -0.39 is 18.4 Å². The van der Waals surface area contributed by atoms with Gasteiger partial charge < -0.3 is 14.7 Å². The summed E-state index contributed by atoms with van der Waals surface area (Å²) >= 11 is 0. The average Bonchev–Trinajstić information content (AvgIpc) is 2.41. The molecule has 0 aliphatic carbocycles. The summed E-state index contributed by atoms with van der Waals surface area (Å²) in [6.07, 6.45) is -4.76. The number of piperazine rings is 1. The molecule has 1 unspecified atom stereocenters.